The van der Waals surface area contributed by atoms with Gasteiger partial charge in [-0.15, -0.1) is 0 Å². The van der Waals surface area contributed by atoms with Crippen LogP contribution in [-0.4, -0.2) is 57.5 Å². The summed E-state index contributed by atoms with van der Waals surface area (Å²) in [6.07, 6.45) is -2.64. The van der Waals surface area contributed by atoms with Gasteiger partial charge in [0.2, 0.25) is 0 Å². The Morgan fingerprint density at radius 2 is 1.89 bits per heavy atom. The Morgan fingerprint density at radius 3 is 2.47 bits per heavy atom. The molecule has 1 heterocycles. The van der Waals surface area contributed by atoms with Crippen LogP contribution in [-0.2, 0) is 0 Å². The molecule has 2 amide bonds. The molecule has 1 rings (SSSR count). The van der Waals surface area contributed by atoms with Crippen LogP contribution in [0.15, 0.2) is 18.2 Å². The number of hydrogen-bond acceptors (Lipinski definition) is 6. The molecule has 0 aliphatic rings. The second-order valence-electron chi connectivity index (χ2n) is 3.80. The summed E-state index contributed by atoms with van der Waals surface area (Å²) in [5.74, 6) is -1.39. The number of aliphatic hydroxyl groups is 3. The van der Waals surface area contributed by atoms with Gasteiger partial charge in [0.1, 0.15) is 17.5 Å². The van der Waals surface area contributed by atoms with Crippen LogP contribution in [0.1, 0.15) is 21.0 Å². The van der Waals surface area contributed by atoms with Crippen LogP contribution in [0.3, 0.4) is 0 Å². The summed E-state index contributed by atoms with van der Waals surface area (Å²) in [5, 5.41) is 29.3. The van der Waals surface area contributed by atoms with Gasteiger partial charge in [0.05, 0.1) is 12.7 Å². The maximum atomic E-state index is 11.7. The molecule has 104 valence electrons. The fourth-order valence-corrected chi connectivity index (χ4v) is 1.24. The molecule has 8 nitrogen and oxygen atoms in total. The average Bonchev–Trinajstić information content (AvgIpc) is 2.43. The summed E-state index contributed by atoms with van der Waals surface area (Å²) >= 11 is 0. The number of pyridine rings is 1. The molecular formula is C11H15N3O5. The number of nitrogens with one attached hydrogen (secondary N) is 1. The smallest absolute Gasteiger partial charge is 0.269 e. The third-order valence-corrected chi connectivity index (χ3v) is 2.34. The normalized spacial score (nSPS) is 13.6. The fraction of sp³-hybridized carbons (Fsp3) is 0.364. The first kappa shape index (κ1) is 15.0. The molecule has 0 bridgehead atoms. The number of carbonyl (C=O) groups is 2. The van der Waals surface area contributed by atoms with E-state index in [9.17, 15) is 14.7 Å². The molecule has 19 heavy (non-hydrogen) atoms. The minimum Gasteiger partial charge on any atom is -0.394 e. The van der Waals surface area contributed by atoms with Crippen molar-refractivity contribution in [2.45, 2.75) is 12.2 Å². The maximum absolute atomic E-state index is 11.7. The monoisotopic (exact) mass is 269 g/mol. The van der Waals surface area contributed by atoms with Crippen molar-refractivity contribution >= 4 is 11.8 Å². The summed E-state index contributed by atoms with van der Waals surface area (Å²) in [7, 11) is 0. The first-order valence-corrected chi connectivity index (χ1v) is 5.47. The minimum atomic E-state index is -1.34. The average molecular weight is 269 g/mol. The molecule has 0 radical (unpaired) electrons. The number of primary amides is 1. The van der Waals surface area contributed by atoms with Crippen molar-refractivity contribution < 1.29 is 24.9 Å². The number of aromatic nitrogens is 1. The van der Waals surface area contributed by atoms with E-state index in [4.69, 9.17) is 15.9 Å². The summed E-state index contributed by atoms with van der Waals surface area (Å²) < 4.78 is 0. The number of aliphatic hydroxyl groups excluding tert-OH is 3. The van der Waals surface area contributed by atoms with Crippen molar-refractivity contribution in [3.63, 3.8) is 0 Å². The number of amides is 2. The summed E-state index contributed by atoms with van der Waals surface area (Å²) in [4.78, 5) is 26.3. The molecule has 1 aromatic heterocycles. The number of nitrogens with zero attached hydrogens (tertiary/aromatic N) is 1. The van der Waals surface area contributed by atoms with E-state index >= 15 is 0 Å². The highest BCUT2D eigenvalue weighted by atomic mass is 16.4. The third-order valence-electron chi connectivity index (χ3n) is 2.34. The molecule has 2 unspecified atom stereocenters. The second kappa shape index (κ2) is 6.78. The van der Waals surface area contributed by atoms with Crippen LogP contribution in [0.5, 0.6) is 0 Å². The first-order chi connectivity index (χ1) is 8.95. The van der Waals surface area contributed by atoms with Gasteiger partial charge in [0, 0.05) is 6.54 Å². The zero-order valence-electron chi connectivity index (χ0n) is 9.98. The van der Waals surface area contributed by atoms with Crippen molar-refractivity contribution in [2.75, 3.05) is 13.2 Å². The third kappa shape index (κ3) is 4.28. The van der Waals surface area contributed by atoms with Crippen molar-refractivity contribution in [1.29, 1.82) is 0 Å². The van der Waals surface area contributed by atoms with Crippen LogP contribution in [0.4, 0.5) is 0 Å². The lowest BCUT2D eigenvalue weighted by Crippen LogP contribution is -2.40. The molecule has 0 aliphatic carbocycles. The van der Waals surface area contributed by atoms with Gasteiger partial charge in [-0.25, -0.2) is 4.98 Å². The number of carbonyl (C=O) groups excluding carboxylic acids is 2. The van der Waals surface area contributed by atoms with Crippen molar-refractivity contribution in [3.8, 4) is 0 Å². The largest absolute Gasteiger partial charge is 0.394 e. The Bertz CT molecular complexity index is 465. The number of hydrogen-bond donors (Lipinski definition) is 5. The van der Waals surface area contributed by atoms with Crippen LogP contribution >= 0.6 is 0 Å². The molecule has 0 fully saturated rings. The molecule has 2 atom stereocenters. The molecule has 1 aromatic rings. The second-order valence-corrected chi connectivity index (χ2v) is 3.80. The predicted molar refractivity (Wildman–Crippen MR) is 64.2 cm³/mol. The van der Waals surface area contributed by atoms with Crippen LogP contribution < -0.4 is 11.1 Å². The van der Waals surface area contributed by atoms with E-state index in [2.05, 4.69) is 10.3 Å². The Morgan fingerprint density at radius 1 is 1.26 bits per heavy atom. The molecule has 0 spiro atoms. The van der Waals surface area contributed by atoms with Crippen LogP contribution in [0.25, 0.3) is 0 Å². The molecule has 0 aliphatic heterocycles. The number of rotatable bonds is 6. The van der Waals surface area contributed by atoms with Gasteiger partial charge in [-0.3, -0.25) is 9.59 Å². The zero-order chi connectivity index (χ0) is 14.4. The molecule has 8 heteroatoms. The van der Waals surface area contributed by atoms with Crippen molar-refractivity contribution in [3.05, 3.63) is 29.6 Å². The first-order valence-electron chi connectivity index (χ1n) is 5.47. The molecule has 6 N–H and O–H groups in total. The van der Waals surface area contributed by atoms with E-state index in [1.165, 1.54) is 18.2 Å². The van der Waals surface area contributed by atoms with Crippen molar-refractivity contribution in [1.82, 2.24) is 10.3 Å². The molecule has 0 saturated carbocycles. The minimum absolute atomic E-state index is 0.0398. The van der Waals surface area contributed by atoms with E-state index < -0.39 is 30.6 Å². The highest BCUT2D eigenvalue weighted by Crippen LogP contribution is 1.99. The SMILES string of the molecule is NC(=O)c1cccc(C(=O)NCC(O)C(O)CO)n1. The summed E-state index contributed by atoms with van der Waals surface area (Å²) in [6.45, 7) is -0.879. The molecule has 0 saturated heterocycles. The van der Waals surface area contributed by atoms with E-state index in [0.717, 1.165) is 0 Å². The fourth-order valence-electron chi connectivity index (χ4n) is 1.24. The van der Waals surface area contributed by atoms with Gasteiger partial charge in [-0.2, -0.15) is 0 Å². The Kier molecular flexibility index (Phi) is 5.37. The Balaban J connectivity index is 2.63. The van der Waals surface area contributed by atoms with Crippen LogP contribution in [0.2, 0.25) is 0 Å². The standard InChI is InChI=1S/C11H15N3O5/c12-10(18)6-2-1-3-7(14-6)11(19)13-4-8(16)9(17)5-15/h1-3,8-9,15-17H,4-5H2,(H2,12,18)(H,13,19). The Hall–Kier alpha value is -2.03. The van der Waals surface area contributed by atoms with E-state index in [-0.39, 0.29) is 17.9 Å². The summed E-state index contributed by atoms with van der Waals surface area (Å²) in [6, 6.07) is 4.18. The van der Waals surface area contributed by atoms with Gasteiger partial charge >= 0.3 is 0 Å². The van der Waals surface area contributed by atoms with E-state index in [1.54, 1.807) is 0 Å². The highest BCUT2D eigenvalue weighted by molar-refractivity contribution is 5.95. The van der Waals surface area contributed by atoms with Gasteiger partial charge in [0.15, 0.2) is 0 Å². The predicted octanol–water partition coefficient (Wildman–Crippen LogP) is -2.38. The topological polar surface area (TPSA) is 146 Å². The Labute approximate surface area is 108 Å². The molecule has 0 aromatic carbocycles. The van der Waals surface area contributed by atoms with E-state index in [0.29, 0.717) is 0 Å². The van der Waals surface area contributed by atoms with Crippen LogP contribution in [0, 0.1) is 0 Å². The zero-order valence-corrected chi connectivity index (χ0v) is 9.98. The molecular weight excluding hydrogens is 254 g/mol. The van der Waals surface area contributed by atoms with Gasteiger partial charge in [0.25, 0.3) is 11.8 Å². The lowest BCUT2D eigenvalue weighted by molar-refractivity contribution is -0.0123. The van der Waals surface area contributed by atoms with Gasteiger partial charge in [-0.1, -0.05) is 6.07 Å². The number of nitrogens with two attached hydrogens (primary N) is 1. The van der Waals surface area contributed by atoms with Gasteiger partial charge in [-0.05, 0) is 12.1 Å². The lowest BCUT2D eigenvalue weighted by atomic mass is 10.2. The highest BCUT2D eigenvalue weighted by Gasteiger charge is 2.17. The maximum Gasteiger partial charge on any atom is 0.269 e. The van der Waals surface area contributed by atoms with Gasteiger partial charge < -0.3 is 26.4 Å². The summed E-state index contributed by atoms with van der Waals surface area (Å²) in [5.41, 5.74) is 4.94. The lowest BCUT2D eigenvalue weighted by Gasteiger charge is -2.15. The quantitative estimate of drug-likeness (QED) is 0.390. The van der Waals surface area contributed by atoms with Crippen molar-refractivity contribution in [2.24, 2.45) is 5.73 Å². The van der Waals surface area contributed by atoms with E-state index in [1.807, 2.05) is 0 Å².